The van der Waals surface area contributed by atoms with Crippen molar-refractivity contribution in [1.29, 1.82) is 0 Å². The molecule has 0 spiro atoms. The quantitative estimate of drug-likeness (QED) is 0.559. The molecule has 122 valence electrons. The van der Waals surface area contributed by atoms with Crippen LogP contribution in [0.4, 0.5) is 17.6 Å². The first-order valence-electron chi connectivity index (χ1n) is 6.88. The lowest BCUT2D eigenvalue weighted by Gasteiger charge is -2.12. The fourth-order valence-corrected chi connectivity index (χ4v) is 1.96. The predicted molar refractivity (Wildman–Crippen MR) is 79.3 cm³/mol. The molecular weight excluding hydrogens is 324 g/mol. The van der Waals surface area contributed by atoms with Crippen LogP contribution in [0.15, 0.2) is 60.7 Å². The minimum Gasteiger partial charge on any atom is -0.454 e. The Hall–Kier alpha value is -3.02. The molecular formula is C18H10F4O2. The van der Waals surface area contributed by atoms with Crippen molar-refractivity contribution in [2.24, 2.45) is 0 Å². The molecule has 24 heavy (non-hydrogen) atoms. The molecule has 3 rings (SSSR count). The maximum Gasteiger partial charge on any atom is 0.211 e. The van der Waals surface area contributed by atoms with Gasteiger partial charge in [0.05, 0.1) is 0 Å². The van der Waals surface area contributed by atoms with Crippen LogP contribution in [0.25, 0.3) is 0 Å². The van der Waals surface area contributed by atoms with Gasteiger partial charge in [-0.05, 0) is 48.5 Å². The predicted octanol–water partition coefficient (Wildman–Crippen LogP) is 5.83. The molecule has 0 aliphatic heterocycles. The van der Waals surface area contributed by atoms with Crippen molar-refractivity contribution in [2.45, 2.75) is 0 Å². The van der Waals surface area contributed by atoms with Gasteiger partial charge >= 0.3 is 0 Å². The standard InChI is InChI=1S/C18H10F4O2/c19-11-4-6-13(7-5-11)23-16-9-8-15(21)18(17(16)22)24-14-3-1-2-12(20)10-14/h1-10H. The van der Waals surface area contributed by atoms with E-state index in [1.807, 2.05) is 0 Å². The molecule has 3 aromatic carbocycles. The molecule has 0 heterocycles. The van der Waals surface area contributed by atoms with Crippen LogP contribution in [0.5, 0.6) is 23.0 Å². The Morgan fingerprint density at radius 2 is 1.38 bits per heavy atom. The van der Waals surface area contributed by atoms with Gasteiger partial charge in [0, 0.05) is 6.07 Å². The average Bonchev–Trinajstić information content (AvgIpc) is 2.56. The molecule has 0 unspecified atom stereocenters. The monoisotopic (exact) mass is 334 g/mol. The molecule has 0 radical (unpaired) electrons. The van der Waals surface area contributed by atoms with Gasteiger partial charge in [0.2, 0.25) is 11.6 Å². The van der Waals surface area contributed by atoms with Crippen LogP contribution in [0.3, 0.4) is 0 Å². The summed E-state index contributed by atoms with van der Waals surface area (Å²) in [5.74, 6) is -4.07. The smallest absolute Gasteiger partial charge is 0.211 e. The van der Waals surface area contributed by atoms with E-state index in [1.54, 1.807) is 0 Å². The SMILES string of the molecule is Fc1ccc(Oc2ccc(F)c(Oc3cccc(F)c3)c2F)cc1. The molecule has 0 aliphatic carbocycles. The van der Waals surface area contributed by atoms with E-state index < -0.39 is 29.0 Å². The first-order valence-corrected chi connectivity index (χ1v) is 6.88. The third-order valence-corrected chi connectivity index (χ3v) is 3.07. The molecule has 0 saturated carbocycles. The Labute approximate surface area is 134 Å². The van der Waals surface area contributed by atoms with Crippen LogP contribution in [-0.4, -0.2) is 0 Å². The van der Waals surface area contributed by atoms with Gasteiger partial charge in [0.1, 0.15) is 23.1 Å². The molecule has 0 bridgehead atoms. The highest BCUT2D eigenvalue weighted by Gasteiger charge is 2.18. The fraction of sp³-hybridized carbons (Fsp3) is 0. The van der Waals surface area contributed by atoms with Crippen molar-refractivity contribution in [3.63, 3.8) is 0 Å². The van der Waals surface area contributed by atoms with Gasteiger partial charge in [-0.25, -0.2) is 13.2 Å². The van der Waals surface area contributed by atoms with Crippen molar-refractivity contribution in [3.05, 3.63) is 83.9 Å². The Kier molecular flexibility index (Phi) is 4.37. The maximum absolute atomic E-state index is 14.4. The zero-order chi connectivity index (χ0) is 17.1. The topological polar surface area (TPSA) is 18.5 Å². The maximum atomic E-state index is 14.4. The minimum atomic E-state index is -1.09. The molecule has 0 aromatic heterocycles. The Morgan fingerprint density at radius 3 is 2.08 bits per heavy atom. The minimum absolute atomic E-state index is 0.0632. The molecule has 0 saturated heterocycles. The summed E-state index contributed by atoms with van der Waals surface area (Å²) in [5.41, 5.74) is 0. The van der Waals surface area contributed by atoms with Crippen LogP contribution < -0.4 is 9.47 Å². The van der Waals surface area contributed by atoms with E-state index in [-0.39, 0.29) is 17.2 Å². The molecule has 0 amide bonds. The summed E-state index contributed by atoms with van der Waals surface area (Å²) in [6.45, 7) is 0. The zero-order valence-corrected chi connectivity index (χ0v) is 12.1. The molecule has 3 aromatic rings. The second kappa shape index (κ2) is 6.62. The molecule has 2 nitrogen and oxygen atoms in total. The molecule has 0 N–H and O–H groups in total. The van der Waals surface area contributed by atoms with Crippen LogP contribution in [0.1, 0.15) is 0 Å². The number of halogens is 4. The summed E-state index contributed by atoms with van der Waals surface area (Å²) in [4.78, 5) is 0. The fourth-order valence-electron chi connectivity index (χ4n) is 1.96. The lowest BCUT2D eigenvalue weighted by atomic mass is 10.2. The molecule has 0 atom stereocenters. The van der Waals surface area contributed by atoms with Crippen LogP contribution in [-0.2, 0) is 0 Å². The van der Waals surface area contributed by atoms with Gasteiger partial charge in [-0.1, -0.05) is 6.07 Å². The van der Waals surface area contributed by atoms with E-state index in [2.05, 4.69) is 0 Å². The molecule has 0 fully saturated rings. The van der Waals surface area contributed by atoms with Crippen molar-refractivity contribution in [1.82, 2.24) is 0 Å². The summed E-state index contributed by atoms with van der Waals surface area (Å²) < 4.78 is 64.6. The summed E-state index contributed by atoms with van der Waals surface area (Å²) in [7, 11) is 0. The number of ether oxygens (including phenoxy) is 2. The summed E-state index contributed by atoms with van der Waals surface area (Å²) in [6, 6.07) is 11.8. The lowest BCUT2D eigenvalue weighted by molar-refractivity contribution is 0.378. The first-order chi connectivity index (χ1) is 11.5. The highest BCUT2D eigenvalue weighted by atomic mass is 19.1. The highest BCUT2D eigenvalue weighted by Crippen LogP contribution is 2.35. The number of benzene rings is 3. The summed E-state index contributed by atoms with van der Waals surface area (Å²) in [6.07, 6.45) is 0. The van der Waals surface area contributed by atoms with Crippen LogP contribution >= 0.6 is 0 Å². The number of hydrogen-bond acceptors (Lipinski definition) is 2. The van der Waals surface area contributed by atoms with Gasteiger partial charge in [-0.15, -0.1) is 0 Å². The van der Waals surface area contributed by atoms with Gasteiger partial charge in [-0.3, -0.25) is 0 Å². The van der Waals surface area contributed by atoms with Gasteiger partial charge < -0.3 is 9.47 Å². The van der Waals surface area contributed by atoms with Crippen molar-refractivity contribution in [3.8, 4) is 23.0 Å². The molecule has 6 heteroatoms. The van der Waals surface area contributed by atoms with E-state index in [9.17, 15) is 17.6 Å². The third-order valence-electron chi connectivity index (χ3n) is 3.07. The van der Waals surface area contributed by atoms with Crippen molar-refractivity contribution < 1.29 is 27.0 Å². The third kappa shape index (κ3) is 3.48. The second-order valence-corrected chi connectivity index (χ2v) is 4.80. The van der Waals surface area contributed by atoms with E-state index in [1.165, 1.54) is 30.3 Å². The van der Waals surface area contributed by atoms with Crippen molar-refractivity contribution in [2.75, 3.05) is 0 Å². The van der Waals surface area contributed by atoms with E-state index in [4.69, 9.17) is 9.47 Å². The summed E-state index contributed by atoms with van der Waals surface area (Å²) in [5, 5.41) is 0. The van der Waals surface area contributed by atoms with Gasteiger partial charge in [-0.2, -0.15) is 4.39 Å². The Bertz CT molecular complexity index is 863. The van der Waals surface area contributed by atoms with Crippen molar-refractivity contribution >= 4 is 0 Å². The van der Waals surface area contributed by atoms with Crippen LogP contribution in [0, 0.1) is 23.3 Å². The van der Waals surface area contributed by atoms with E-state index in [0.717, 1.165) is 30.3 Å². The normalized spacial score (nSPS) is 10.5. The van der Waals surface area contributed by atoms with E-state index in [0.29, 0.717) is 0 Å². The van der Waals surface area contributed by atoms with E-state index >= 15 is 0 Å². The Morgan fingerprint density at radius 1 is 0.625 bits per heavy atom. The number of rotatable bonds is 4. The highest BCUT2D eigenvalue weighted by molar-refractivity contribution is 5.42. The van der Waals surface area contributed by atoms with Crippen LogP contribution in [0.2, 0.25) is 0 Å². The first kappa shape index (κ1) is 15.9. The second-order valence-electron chi connectivity index (χ2n) is 4.80. The summed E-state index contributed by atoms with van der Waals surface area (Å²) >= 11 is 0. The average molecular weight is 334 g/mol. The zero-order valence-electron chi connectivity index (χ0n) is 12.1. The Balaban J connectivity index is 1.91. The van der Waals surface area contributed by atoms with Gasteiger partial charge in [0.25, 0.3) is 0 Å². The molecule has 0 aliphatic rings. The van der Waals surface area contributed by atoms with Gasteiger partial charge in [0.15, 0.2) is 11.6 Å². The lowest BCUT2D eigenvalue weighted by Crippen LogP contribution is -1.96. The number of hydrogen-bond donors (Lipinski definition) is 0. The largest absolute Gasteiger partial charge is 0.454 e.